The first kappa shape index (κ1) is 11.4. The van der Waals surface area contributed by atoms with Gasteiger partial charge in [0.05, 0.1) is 6.54 Å². The molecular formula is C9H20N2O. The van der Waals surface area contributed by atoms with Crippen LogP contribution in [-0.2, 0) is 4.79 Å². The summed E-state index contributed by atoms with van der Waals surface area (Å²) < 4.78 is 0. The zero-order valence-corrected chi connectivity index (χ0v) is 8.63. The molecule has 0 radical (unpaired) electrons. The third kappa shape index (κ3) is 5.13. The summed E-state index contributed by atoms with van der Waals surface area (Å²) in [6.45, 7) is 3.52. The Morgan fingerprint density at radius 3 is 2.25 bits per heavy atom. The Morgan fingerprint density at radius 2 is 1.83 bits per heavy atom. The monoisotopic (exact) mass is 172 g/mol. The summed E-state index contributed by atoms with van der Waals surface area (Å²) in [5.74, 6) is 0.202. The van der Waals surface area contributed by atoms with E-state index in [2.05, 4.69) is 6.92 Å². The van der Waals surface area contributed by atoms with Gasteiger partial charge in [0.2, 0.25) is 5.91 Å². The SMILES string of the molecule is CCCCN(C)C(=O)CN(C)C. The van der Waals surface area contributed by atoms with Gasteiger partial charge in [0.25, 0.3) is 0 Å². The first-order valence-corrected chi connectivity index (χ1v) is 4.46. The topological polar surface area (TPSA) is 23.6 Å². The van der Waals surface area contributed by atoms with Gasteiger partial charge in [-0.1, -0.05) is 13.3 Å². The molecular weight excluding hydrogens is 152 g/mol. The molecule has 0 aromatic rings. The highest BCUT2D eigenvalue weighted by Gasteiger charge is 2.07. The molecule has 12 heavy (non-hydrogen) atoms. The number of unbranched alkanes of at least 4 members (excludes halogenated alkanes) is 1. The molecule has 0 aromatic heterocycles. The van der Waals surface area contributed by atoms with Crippen LogP contribution in [0.15, 0.2) is 0 Å². The van der Waals surface area contributed by atoms with Crippen LogP contribution in [0, 0.1) is 0 Å². The van der Waals surface area contributed by atoms with Crippen molar-refractivity contribution < 1.29 is 4.79 Å². The fourth-order valence-corrected chi connectivity index (χ4v) is 0.911. The smallest absolute Gasteiger partial charge is 0.236 e. The largest absolute Gasteiger partial charge is 0.345 e. The standard InChI is InChI=1S/C9H20N2O/c1-5-6-7-11(4)9(12)8-10(2)3/h5-8H2,1-4H3. The van der Waals surface area contributed by atoms with Gasteiger partial charge in [-0.2, -0.15) is 0 Å². The molecule has 0 bridgehead atoms. The predicted molar refractivity (Wildman–Crippen MR) is 51.1 cm³/mol. The number of hydrogen-bond acceptors (Lipinski definition) is 2. The van der Waals surface area contributed by atoms with Gasteiger partial charge < -0.3 is 9.80 Å². The van der Waals surface area contributed by atoms with Crippen molar-refractivity contribution in [2.45, 2.75) is 19.8 Å². The van der Waals surface area contributed by atoms with Crippen molar-refractivity contribution in [2.24, 2.45) is 0 Å². The van der Waals surface area contributed by atoms with Crippen molar-refractivity contribution in [3.63, 3.8) is 0 Å². The fourth-order valence-electron chi connectivity index (χ4n) is 0.911. The Morgan fingerprint density at radius 1 is 1.25 bits per heavy atom. The molecule has 0 atom stereocenters. The van der Waals surface area contributed by atoms with Crippen LogP contribution in [0.3, 0.4) is 0 Å². The second kappa shape index (κ2) is 6.00. The third-order valence-electron chi connectivity index (χ3n) is 1.72. The van der Waals surface area contributed by atoms with Crippen LogP contribution in [0.1, 0.15) is 19.8 Å². The lowest BCUT2D eigenvalue weighted by atomic mass is 10.3. The van der Waals surface area contributed by atoms with Crippen molar-refractivity contribution >= 4 is 5.91 Å². The summed E-state index contributed by atoms with van der Waals surface area (Å²) in [4.78, 5) is 15.0. The number of amides is 1. The van der Waals surface area contributed by atoms with E-state index < -0.39 is 0 Å². The van der Waals surface area contributed by atoms with E-state index >= 15 is 0 Å². The minimum Gasteiger partial charge on any atom is -0.345 e. The summed E-state index contributed by atoms with van der Waals surface area (Å²) in [6, 6.07) is 0. The quantitative estimate of drug-likeness (QED) is 0.612. The van der Waals surface area contributed by atoms with E-state index in [1.807, 2.05) is 26.0 Å². The van der Waals surface area contributed by atoms with Crippen molar-refractivity contribution in [2.75, 3.05) is 34.2 Å². The Hall–Kier alpha value is -0.570. The molecule has 3 nitrogen and oxygen atoms in total. The average molecular weight is 172 g/mol. The molecule has 0 aliphatic carbocycles. The molecule has 1 amide bonds. The minimum absolute atomic E-state index is 0.202. The number of nitrogens with zero attached hydrogens (tertiary/aromatic N) is 2. The summed E-state index contributed by atoms with van der Waals surface area (Å²) in [7, 11) is 5.68. The van der Waals surface area contributed by atoms with Gasteiger partial charge in [0, 0.05) is 13.6 Å². The number of hydrogen-bond donors (Lipinski definition) is 0. The van der Waals surface area contributed by atoms with Crippen LogP contribution >= 0.6 is 0 Å². The molecule has 0 unspecified atom stereocenters. The molecule has 0 spiro atoms. The first-order chi connectivity index (χ1) is 5.57. The van der Waals surface area contributed by atoms with Gasteiger partial charge in [-0.25, -0.2) is 0 Å². The van der Waals surface area contributed by atoms with Gasteiger partial charge in [0.15, 0.2) is 0 Å². The van der Waals surface area contributed by atoms with E-state index in [0.29, 0.717) is 6.54 Å². The summed E-state index contributed by atoms with van der Waals surface area (Å²) in [5.41, 5.74) is 0. The minimum atomic E-state index is 0.202. The van der Waals surface area contributed by atoms with Gasteiger partial charge in [-0.3, -0.25) is 4.79 Å². The van der Waals surface area contributed by atoms with E-state index in [4.69, 9.17) is 0 Å². The van der Waals surface area contributed by atoms with E-state index in [9.17, 15) is 4.79 Å². The summed E-state index contributed by atoms with van der Waals surface area (Å²) in [6.07, 6.45) is 2.23. The lowest BCUT2D eigenvalue weighted by Crippen LogP contribution is -2.35. The zero-order chi connectivity index (χ0) is 9.56. The molecule has 0 aliphatic heterocycles. The van der Waals surface area contributed by atoms with Crippen LogP contribution < -0.4 is 0 Å². The van der Waals surface area contributed by atoms with Crippen molar-refractivity contribution in [1.29, 1.82) is 0 Å². The van der Waals surface area contributed by atoms with E-state index in [1.165, 1.54) is 0 Å². The predicted octanol–water partition coefficient (Wildman–Crippen LogP) is 0.806. The number of rotatable bonds is 5. The molecule has 0 heterocycles. The van der Waals surface area contributed by atoms with Gasteiger partial charge >= 0.3 is 0 Å². The lowest BCUT2D eigenvalue weighted by molar-refractivity contribution is -0.130. The number of carbonyl (C=O) groups excluding carboxylic acids is 1. The maximum atomic E-state index is 11.3. The highest BCUT2D eigenvalue weighted by Crippen LogP contribution is 1.92. The molecule has 0 aromatic carbocycles. The van der Waals surface area contributed by atoms with Gasteiger partial charge in [0.1, 0.15) is 0 Å². The second-order valence-electron chi connectivity index (χ2n) is 3.41. The van der Waals surface area contributed by atoms with E-state index in [1.54, 1.807) is 4.90 Å². The normalized spacial score (nSPS) is 10.4. The summed E-state index contributed by atoms with van der Waals surface area (Å²) >= 11 is 0. The van der Waals surface area contributed by atoms with Crippen LogP contribution in [0.4, 0.5) is 0 Å². The van der Waals surface area contributed by atoms with Crippen LogP contribution in [0.5, 0.6) is 0 Å². The molecule has 3 heteroatoms. The van der Waals surface area contributed by atoms with Gasteiger partial charge in [-0.05, 0) is 20.5 Å². The third-order valence-corrected chi connectivity index (χ3v) is 1.72. The molecule has 0 N–H and O–H groups in total. The molecule has 0 aliphatic rings. The van der Waals surface area contributed by atoms with Crippen LogP contribution in [0.2, 0.25) is 0 Å². The van der Waals surface area contributed by atoms with Crippen LogP contribution in [0.25, 0.3) is 0 Å². The van der Waals surface area contributed by atoms with Crippen LogP contribution in [-0.4, -0.2) is 49.9 Å². The summed E-state index contributed by atoms with van der Waals surface area (Å²) in [5, 5.41) is 0. The zero-order valence-electron chi connectivity index (χ0n) is 8.63. The van der Waals surface area contributed by atoms with Crippen molar-refractivity contribution in [1.82, 2.24) is 9.80 Å². The van der Waals surface area contributed by atoms with E-state index in [-0.39, 0.29) is 5.91 Å². The Bertz CT molecular complexity index is 134. The maximum absolute atomic E-state index is 11.3. The van der Waals surface area contributed by atoms with Crippen molar-refractivity contribution in [3.8, 4) is 0 Å². The molecule has 0 rings (SSSR count). The Labute approximate surface area is 75.3 Å². The van der Waals surface area contributed by atoms with Crippen molar-refractivity contribution in [3.05, 3.63) is 0 Å². The highest BCUT2D eigenvalue weighted by atomic mass is 16.2. The Kier molecular flexibility index (Phi) is 5.72. The van der Waals surface area contributed by atoms with E-state index in [0.717, 1.165) is 19.4 Å². The molecule has 0 saturated carbocycles. The average Bonchev–Trinajstić information content (AvgIpc) is 1.98. The van der Waals surface area contributed by atoms with Gasteiger partial charge in [-0.15, -0.1) is 0 Å². The lowest BCUT2D eigenvalue weighted by Gasteiger charge is -2.18. The first-order valence-electron chi connectivity index (χ1n) is 4.46. The molecule has 72 valence electrons. The number of likely N-dealkylation sites (N-methyl/N-ethyl adjacent to an activating group) is 2. The number of carbonyl (C=O) groups is 1. The fraction of sp³-hybridized carbons (Fsp3) is 0.889. The Balaban J connectivity index is 3.61. The molecule has 0 fully saturated rings. The second-order valence-corrected chi connectivity index (χ2v) is 3.41. The molecule has 0 saturated heterocycles. The highest BCUT2D eigenvalue weighted by molar-refractivity contribution is 5.77. The maximum Gasteiger partial charge on any atom is 0.236 e.